The molecule has 0 aromatic carbocycles. The minimum absolute atomic E-state index is 0.312. The maximum Gasteiger partial charge on any atom is 0.130 e. The van der Waals surface area contributed by atoms with E-state index >= 15 is 0 Å². The molecule has 0 amide bonds. The summed E-state index contributed by atoms with van der Waals surface area (Å²) in [6.45, 7) is 4.62. The predicted octanol–water partition coefficient (Wildman–Crippen LogP) is 1.68. The van der Waals surface area contributed by atoms with Gasteiger partial charge in [0.1, 0.15) is 5.15 Å². The molecule has 0 fully saturated rings. The molecule has 5 heteroatoms. The lowest BCUT2D eigenvalue weighted by atomic mass is 9.91. The first kappa shape index (κ1) is 13.5. The zero-order valence-electron chi connectivity index (χ0n) is 10.4. The maximum atomic E-state index is 6.21. The first-order chi connectivity index (χ1) is 7.37. The van der Waals surface area contributed by atoms with Gasteiger partial charge in [-0.05, 0) is 26.7 Å². The van der Waals surface area contributed by atoms with Crippen LogP contribution in [0.15, 0.2) is 0 Å². The molecule has 0 saturated heterocycles. The Balaban J connectivity index is 2.79. The Morgan fingerprint density at radius 1 is 1.56 bits per heavy atom. The van der Waals surface area contributed by atoms with Crippen molar-refractivity contribution < 1.29 is 4.74 Å². The van der Waals surface area contributed by atoms with E-state index in [9.17, 15) is 0 Å². The average Bonchev–Trinajstić information content (AvgIpc) is 2.42. The third-order valence-electron chi connectivity index (χ3n) is 2.73. The monoisotopic (exact) mass is 245 g/mol. The van der Waals surface area contributed by atoms with Crippen LogP contribution in [0.5, 0.6) is 0 Å². The van der Waals surface area contributed by atoms with Crippen LogP contribution in [0.1, 0.15) is 24.6 Å². The summed E-state index contributed by atoms with van der Waals surface area (Å²) in [5, 5.41) is 4.95. The molecule has 92 valence electrons. The molecule has 2 N–H and O–H groups in total. The fourth-order valence-corrected chi connectivity index (χ4v) is 1.94. The highest BCUT2D eigenvalue weighted by atomic mass is 35.5. The second-order valence-corrected chi connectivity index (χ2v) is 4.91. The van der Waals surface area contributed by atoms with Gasteiger partial charge >= 0.3 is 0 Å². The molecular weight excluding hydrogens is 226 g/mol. The summed E-state index contributed by atoms with van der Waals surface area (Å²) in [7, 11) is 3.51. The number of halogens is 1. The van der Waals surface area contributed by atoms with Crippen LogP contribution in [0, 0.1) is 6.92 Å². The van der Waals surface area contributed by atoms with Crippen LogP contribution in [-0.4, -0.2) is 29.0 Å². The molecule has 0 bridgehead atoms. The van der Waals surface area contributed by atoms with E-state index < -0.39 is 0 Å². The SMILES string of the molecule is COCCC(C)(N)Cc1c(C)nn(C)c1Cl. The van der Waals surface area contributed by atoms with Crippen LogP contribution in [-0.2, 0) is 18.2 Å². The van der Waals surface area contributed by atoms with Crippen molar-refractivity contribution in [2.75, 3.05) is 13.7 Å². The Kier molecular flexibility index (Phi) is 4.35. The van der Waals surface area contributed by atoms with Crippen LogP contribution in [0.25, 0.3) is 0 Å². The summed E-state index contributed by atoms with van der Waals surface area (Å²) < 4.78 is 6.73. The van der Waals surface area contributed by atoms with Gasteiger partial charge in [0.25, 0.3) is 0 Å². The lowest BCUT2D eigenvalue weighted by Crippen LogP contribution is -2.39. The van der Waals surface area contributed by atoms with Crippen molar-refractivity contribution in [2.24, 2.45) is 12.8 Å². The summed E-state index contributed by atoms with van der Waals surface area (Å²) in [4.78, 5) is 0. The largest absolute Gasteiger partial charge is 0.385 e. The molecule has 0 spiro atoms. The number of nitrogens with zero attached hydrogens (tertiary/aromatic N) is 2. The molecule has 1 aromatic rings. The van der Waals surface area contributed by atoms with Gasteiger partial charge in [0.05, 0.1) is 5.69 Å². The van der Waals surface area contributed by atoms with Gasteiger partial charge in [-0.1, -0.05) is 11.6 Å². The number of aromatic nitrogens is 2. The number of nitrogens with two attached hydrogens (primary N) is 1. The standard InChI is InChI=1S/C11H20ClN3O/c1-8-9(10(12)15(3)14-8)7-11(2,13)5-6-16-4/h5-7,13H2,1-4H3. The minimum Gasteiger partial charge on any atom is -0.385 e. The molecule has 4 nitrogen and oxygen atoms in total. The van der Waals surface area contributed by atoms with Crippen LogP contribution < -0.4 is 5.73 Å². The highest BCUT2D eigenvalue weighted by Crippen LogP contribution is 2.24. The van der Waals surface area contributed by atoms with E-state index in [1.54, 1.807) is 11.8 Å². The van der Waals surface area contributed by atoms with E-state index in [1.165, 1.54) is 0 Å². The number of methoxy groups -OCH3 is 1. The van der Waals surface area contributed by atoms with E-state index in [0.29, 0.717) is 11.8 Å². The fourth-order valence-electron chi connectivity index (χ4n) is 1.70. The zero-order chi connectivity index (χ0) is 12.3. The third-order valence-corrected chi connectivity index (χ3v) is 3.20. The number of aryl methyl sites for hydroxylation is 2. The van der Waals surface area contributed by atoms with Gasteiger partial charge < -0.3 is 10.5 Å². The number of hydrogen-bond acceptors (Lipinski definition) is 3. The van der Waals surface area contributed by atoms with Gasteiger partial charge in [-0.3, -0.25) is 4.68 Å². The lowest BCUT2D eigenvalue weighted by molar-refractivity contribution is 0.171. The van der Waals surface area contributed by atoms with Crippen LogP contribution >= 0.6 is 11.6 Å². The van der Waals surface area contributed by atoms with Crippen molar-refractivity contribution in [1.82, 2.24) is 9.78 Å². The van der Waals surface area contributed by atoms with Gasteiger partial charge in [0.15, 0.2) is 0 Å². The molecule has 1 heterocycles. The lowest BCUT2D eigenvalue weighted by Gasteiger charge is -2.24. The van der Waals surface area contributed by atoms with Gasteiger partial charge in [0, 0.05) is 31.9 Å². The second-order valence-electron chi connectivity index (χ2n) is 4.55. The van der Waals surface area contributed by atoms with E-state index in [1.807, 2.05) is 20.9 Å². The highest BCUT2D eigenvalue weighted by Gasteiger charge is 2.23. The van der Waals surface area contributed by atoms with Crippen molar-refractivity contribution in [3.05, 3.63) is 16.4 Å². The van der Waals surface area contributed by atoms with Crippen LogP contribution in [0.4, 0.5) is 0 Å². The molecule has 1 rings (SSSR count). The molecule has 0 radical (unpaired) electrons. The highest BCUT2D eigenvalue weighted by molar-refractivity contribution is 6.30. The van der Waals surface area contributed by atoms with E-state index in [4.69, 9.17) is 22.1 Å². The maximum absolute atomic E-state index is 6.21. The summed E-state index contributed by atoms with van der Waals surface area (Å²) in [5.74, 6) is 0. The van der Waals surface area contributed by atoms with Gasteiger partial charge in [-0.2, -0.15) is 5.10 Å². The normalized spacial score (nSPS) is 15.1. The Labute approximate surface area is 102 Å². The molecule has 1 atom stereocenters. The minimum atomic E-state index is -0.312. The van der Waals surface area contributed by atoms with E-state index in [-0.39, 0.29) is 5.54 Å². The smallest absolute Gasteiger partial charge is 0.130 e. The van der Waals surface area contributed by atoms with E-state index in [0.717, 1.165) is 24.1 Å². The first-order valence-electron chi connectivity index (χ1n) is 5.33. The van der Waals surface area contributed by atoms with Crippen molar-refractivity contribution in [3.63, 3.8) is 0 Å². The Bertz CT molecular complexity index is 360. The topological polar surface area (TPSA) is 53.1 Å². The van der Waals surface area contributed by atoms with Crippen molar-refractivity contribution in [2.45, 2.75) is 32.2 Å². The number of rotatable bonds is 5. The molecule has 16 heavy (non-hydrogen) atoms. The fraction of sp³-hybridized carbons (Fsp3) is 0.727. The summed E-state index contributed by atoms with van der Waals surface area (Å²) in [5.41, 5.74) is 7.87. The molecule has 0 aliphatic carbocycles. The van der Waals surface area contributed by atoms with Crippen LogP contribution in [0.2, 0.25) is 5.15 Å². The van der Waals surface area contributed by atoms with Crippen molar-refractivity contribution in [3.8, 4) is 0 Å². The van der Waals surface area contributed by atoms with E-state index in [2.05, 4.69) is 5.10 Å². The average molecular weight is 246 g/mol. The number of hydrogen-bond donors (Lipinski definition) is 1. The molecular formula is C11H20ClN3O. The summed E-state index contributed by atoms with van der Waals surface area (Å²) in [6, 6.07) is 0. The third kappa shape index (κ3) is 3.20. The summed E-state index contributed by atoms with van der Waals surface area (Å²) in [6.07, 6.45) is 1.52. The molecule has 0 saturated carbocycles. The Morgan fingerprint density at radius 3 is 2.62 bits per heavy atom. The Hall–Kier alpha value is -0.580. The predicted molar refractivity (Wildman–Crippen MR) is 65.7 cm³/mol. The van der Waals surface area contributed by atoms with Crippen molar-refractivity contribution >= 4 is 11.6 Å². The van der Waals surface area contributed by atoms with Crippen LogP contribution in [0.3, 0.4) is 0 Å². The first-order valence-corrected chi connectivity index (χ1v) is 5.71. The van der Waals surface area contributed by atoms with Gasteiger partial charge in [0.2, 0.25) is 0 Å². The Morgan fingerprint density at radius 2 is 2.19 bits per heavy atom. The van der Waals surface area contributed by atoms with Gasteiger partial charge in [-0.15, -0.1) is 0 Å². The molecule has 0 aliphatic rings. The quantitative estimate of drug-likeness (QED) is 0.859. The number of ether oxygens (including phenoxy) is 1. The second kappa shape index (κ2) is 5.17. The summed E-state index contributed by atoms with van der Waals surface area (Å²) >= 11 is 6.17. The molecule has 1 aromatic heterocycles. The van der Waals surface area contributed by atoms with Gasteiger partial charge in [-0.25, -0.2) is 0 Å². The molecule has 0 aliphatic heterocycles. The molecule has 1 unspecified atom stereocenters. The van der Waals surface area contributed by atoms with Crippen molar-refractivity contribution in [1.29, 1.82) is 0 Å². The zero-order valence-corrected chi connectivity index (χ0v) is 11.1.